The largest absolute Gasteiger partial charge is 0.508 e. The van der Waals surface area contributed by atoms with Crippen LogP contribution in [0.15, 0.2) is 66.7 Å². The van der Waals surface area contributed by atoms with Crippen LogP contribution in [-0.4, -0.2) is 58.3 Å². The molecule has 1 aliphatic rings. The van der Waals surface area contributed by atoms with E-state index in [1.807, 2.05) is 30.3 Å². The van der Waals surface area contributed by atoms with E-state index in [0.717, 1.165) is 70.0 Å². The van der Waals surface area contributed by atoms with Gasteiger partial charge in [-0.1, -0.05) is 64.4 Å². The zero-order valence-corrected chi connectivity index (χ0v) is 29.0. The Labute approximate surface area is 290 Å². The quantitative estimate of drug-likeness (QED) is 0.0669. The van der Waals surface area contributed by atoms with Gasteiger partial charge in [0.25, 0.3) is 0 Å². The number of carbonyl (C=O) groups excluding carboxylic acids is 1. The summed E-state index contributed by atoms with van der Waals surface area (Å²) in [5.74, 6) is 2.41. The standard InChI is InChI=1S/C38H45NO7S2/c1-45-37-35(44)17-13-26-11-15-29(42)22-31(46-38(39-18-3-4-19-40)27-7-6-8-28(41)21-27)9-2-5-20-47-48-24-34-32(36(26)37)16-12-25-10-14-30(43)23-33(25)34/h6-8,10,12-14,16-17,21,23,31,38-41,43-44H,2-5,9,11,15,18-20,22,24H2,1H3/t31-,38+/m1/s1. The number of phenolic OH excluding ortho intramolecular Hbond substituents is 3. The fourth-order valence-corrected chi connectivity index (χ4v) is 8.48. The normalized spacial score (nSPS) is 17.0. The molecule has 0 saturated heterocycles. The minimum Gasteiger partial charge on any atom is -0.508 e. The first-order chi connectivity index (χ1) is 23.4. The number of methoxy groups -OCH3 is 1. The number of fused-ring (bicyclic) bond motifs is 5. The lowest BCUT2D eigenvalue weighted by molar-refractivity contribution is -0.124. The van der Waals surface area contributed by atoms with Gasteiger partial charge >= 0.3 is 0 Å². The topological polar surface area (TPSA) is 128 Å². The van der Waals surface area contributed by atoms with Gasteiger partial charge in [0.1, 0.15) is 23.5 Å². The van der Waals surface area contributed by atoms with E-state index in [1.54, 1.807) is 65.1 Å². The summed E-state index contributed by atoms with van der Waals surface area (Å²) in [6.07, 6.45) is 4.17. The number of ketones is 1. The molecule has 0 radical (unpaired) electrons. The van der Waals surface area contributed by atoms with Crippen LogP contribution in [0.5, 0.6) is 23.0 Å². The number of ether oxygens (including phenoxy) is 2. The maximum atomic E-state index is 13.7. The van der Waals surface area contributed by atoms with Crippen molar-refractivity contribution in [3.05, 3.63) is 83.4 Å². The molecule has 0 amide bonds. The molecule has 0 aliphatic carbocycles. The molecule has 2 atom stereocenters. The number of unbranched alkanes of at least 4 members (excludes halogenated alkanes) is 1. The summed E-state index contributed by atoms with van der Waals surface area (Å²) >= 11 is 0. The molecule has 4 aromatic rings. The molecule has 1 heterocycles. The van der Waals surface area contributed by atoms with E-state index in [4.69, 9.17) is 9.47 Å². The molecule has 8 nitrogen and oxygen atoms in total. The molecule has 5 N–H and O–H groups in total. The predicted octanol–water partition coefficient (Wildman–Crippen LogP) is 8.04. The van der Waals surface area contributed by atoms with Gasteiger partial charge in [-0.2, -0.15) is 0 Å². The Morgan fingerprint density at radius 3 is 2.58 bits per heavy atom. The first kappa shape index (κ1) is 35.9. The highest BCUT2D eigenvalue weighted by atomic mass is 33.1. The van der Waals surface area contributed by atoms with Gasteiger partial charge in [0, 0.05) is 36.5 Å². The molecule has 4 aromatic carbocycles. The van der Waals surface area contributed by atoms with E-state index in [2.05, 4.69) is 5.32 Å². The Morgan fingerprint density at radius 2 is 1.77 bits per heavy atom. The van der Waals surface area contributed by atoms with E-state index in [1.165, 1.54) is 0 Å². The Balaban J connectivity index is 1.45. The lowest BCUT2D eigenvalue weighted by atomic mass is 9.89. The van der Waals surface area contributed by atoms with Crippen molar-refractivity contribution in [2.75, 3.05) is 26.0 Å². The van der Waals surface area contributed by atoms with Gasteiger partial charge in [-0.3, -0.25) is 10.1 Å². The minimum absolute atomic E-state index is 0.0268. The van der Waals surface area contributed by atoms with Crippen molar-refractivity contribution >= 4 is 38.1 Å². The number of hydrogen-bond acceptors (Lipinski definition) is 10. The number of aryl methyl sites for hydroxylation is 1. The Hall–Kier alpha value is -3.41. The smallest absolute Gasteiger partial charge is 0.168 e. The number of benzene rings is 4. The molecular weight excluding hydrogens is 647 g/mol. The first-order valence-electron chi connectivity index (χ1n) is 16.6. The van der Waals surface area contributed by atoms with Gasteiger partial charge in [0.2, 0.25) is 0 Å². The number of aliphatic hydroxyl groups excluding tert-OH is 1. The van der Waals surface area contributed by atoms with Crippen LogP contribution >= 0.6 is 21.6 Å². The lowest BCUT2D eigenvalue weighted by Crippen LogP contribution is -2.30. The SMILES string of the molecule is COc1c(O)ccc2c1-c1ccc3ccc(O)cc3c1CSSCCCC[C@@H](O[C@H](NCCCCO)c1cccc(O)c1)CC(=O)CC2. The number of carbonyl (C=O) groups is 1. The van der Waals surface area contributed by atoms with Crippen molar-refractivity contribution in [2.45, 2.75) is 69.5 Å². The van der Waals surface area contributed by atoms with Gasteiger partial charge in [-0.15, -0.1) is 0 Å². The second-order valence-corrected chi connectivity index (χ2v) is 14.7. The third-order valence-electron chi connectivity index (χ3n) is 8.65. The number of aliphatic hydroxyl groups is 1. The van der Waals surface area contributed by atoms with Crippen molar-refractivity contribution in [1.29, 1.82) is 0 Å². The van der Waals surface area contributed by atoms with Crippen LogP contribution in [0.1, 0.15) is 67.9 Å². The third kappa shape index (κ3) is 9.39. The van der Waals surface area contributed by atoms with Crippen LogP contribution in [0.2, 0.25) is 0 Å². The van der Waals surface area contributed by atoms with E-state index in [0.29, 0.717) is 30.9 Å². The average Bonchev–Trinajstić information content (AvgIpc) is 3.07. The van der Waals surface area contributed by atoms with Gasteiger partial charge in [-0.25, -0.2) is 0 Å². The van der Waals surface area contributed by atoms with E-state index >= 15 is 0 Å². The van der Waals surface area contributed by atoms with Crippen LogP contribution < -0.4 is 10.1 Å². The molecule has 0 unspecified atom stereocenters. The van der Waals surface area contributed by atoms with Crippen LogP contribution in [0.4, 0.5) is 0 Å². The minimum atomic E-state index is -0.511. The molecule has 0 bridgehead atoms. The molecule has 1 aliphatic heterocycles. The fourth-order valence-electron chi connectivity index (χ4n) is 6.22. The molecule has 0 saturated carbocycles. The zero-order chi connectivity index (χ0) is 33.9. The molecule has 256 valence electrons. The molecular formula is C38H45NO7S2. The fraction of sp³-hybridized carbons (Fsp3) is 0.395. The second-order valence-electron chi connectivity index (χ2n) is 12.1. The molecule has 10 heteroatoms. The van der Waals surface area contributed by atoms with Crippen molar-refractivity contribution in [1.82, 2.24) is 5.32 Å². The summed E-state index contributed by atoms with van der Waals surface area (Å²) in [4.78, 5) is 13.7. The highest BCUT2D eigenvalue weighted by Gasteiger charge is 2.24. The maximum Gasteiger partial charge on any atom is 0.168 e. The highest BCUT2D eigenvalue weighted by Crippen LogP contribution is 2.45. The average molecular weight is 692 g/mol. The van der Waals surface area contributed by atoms with Gasteiger partial charge in [0.05, 0.1) is 13.2 Å². The summed E-state index contributed by atoms with van der Waals surface area (Å²) in [5, 5.41) is 46.1. The molecule has 5 rings (SSSR count). The van der Waals surface area contributed by atoms with Crippen molar-refractivity contribution in [3.8, 4) is 34.1 Å². The molecule has 0 fully saturated rings. The first-order valence-corrected chi connectivity index (χ1v) is 19.0. The summed E-state index contributed by atoms with van der Waals surface area (Å²) in [7, 11) is 5.10. The van der Waals surface area contributed by atoms with Crippen LogP contribution in [0.3, 0.4) is 0 Å². The Bertz CT molecular complexity index is 1680. The number of Topliss-reactive ketones (excluding diaryl/α,β-unsaturated/α-hetero) is 1. The Morgan fingerprint density at radius 1 is 0.938 bits per heavy atom. The molecule has 48 heavy (non-hydrogen) atoms. The van der Waals surface area contributed by atoms with Gasteiger partial charge in [0.15, 0.2) is 11.5 Å². The monoisotopic (exact) mass is 691 g/mol. The predicted molar refractivity (Wildman–Crippen MR) is 195 cm³/mol. The number of aromatic hydroxyl groups is 3. The van der Waals surface area contributed by atoms with E-state index < -0.39 is 6.23 Å². The number of phenols is 3. The second kappa shape index (κ2) is 17.8. The number of rotatable bonds is 9. The van der Waals surface area contributed by atoms with Crippen LogP contribution in [-0.2, 0) is 21.7 Å². The van der Waals surface area contributed by atoms with Crippen LogP contribution in [0.25, 0.3) is 21.9 Å². The third-order valence-corrected chi connectivity index (χ3v) is 11.0. The van der Waals surface area contributed by atoms with Crippen molar-refractivity contribution in [2.24, 2.45) is 0 Å². The Kier molecular flexibility index (Phi) is 13.3. The molecule has 0 spiro atoms. The summed E-state index contributed by atoms with van der Waals surface area (Å²) in [6.45, 7) is 0.740. The van der Waals surface area contributed by atoms with Crippen molar-refractivity contribution in [3.63, 3.8) is 0 Å². The number of hydrogen-bond donors (Lipinski definition) is 5. The maximum absolute atomic E-state index is 13.7. The summed E-state index contributed by atoms with van der Waals surface area (Å²) in [5.41, 5.74) is 4.38. The zero-order valence-electron chi connectivity index (χ0n) is 27.3. The number of nitrogens with one attached hydrogen (secondary N) is 1. The molecule has 0 aromatic heterocycles. The van der Waals surface area contributed by atoms with Crippen molar-refractivity contribution < 1.29 is 34.7 Å². The van der Waals surface area contributed by atoms with E-state index in [9.17, 15) is 25.2 Å². The van der Waals surface area contributed by atoms with Gasteiger partial charge < -0.3 is 29.9 Å². The summed E-state index contributed by atoms with van der Waals surface area (Å²) in [6, 6.07) is 19.9. The summed E-state index contributed by atoms with van der Waals surface area (Å²) < 4.78 is 12.4. The van der Waals surface area contributed by atoms with E-state index in [-0.39, 0.29) is 48.6 Å². The van der Waals surface area contributed by atoms with Crippen LogP contribution in [0, 0.1) is 0 Å². The lowest BCUT2D eigenvalue weighted by Gasteiger charge is -2.26. The van der Waals surface area contributed by atoms with Gasteiger partial charge in [-0.05, 0) is 102 Å². The highest BCUT2D eigenvalue weighted by molar-refractivity contribution is 8.76.